The van der Waals surface area contributed by atoms with E-state index in [-0.39, 0.29) is 17.4 Å². The van der Waals surface area contributed by atoms with Crippen molar-refractivity contribution in [1.82, 2.24) is 15.5 Å². The Morgan fingerprint density at radius 2 is 2.12 bits per heavy atom. The normalized spacial score (nSPS) is 28.8. The van der Waals surface area contributed by atoms with Gasteiger partial charge in [-0.25, -0.2) is 4.79 Å². The zero-order chi connectivity index (χ0) is 17.7. The lowest BCUT2D eigenvalue weighted by atomic mass is 9.72. The van der Waals surface area contributed by atoms with E-state index in [1.807, 2.05) is 4.90 Å². The highest BCUT2D eigenvalue weighted by Crippen LogP contribution is 2.39. The second-order valence-corrected chi connectivity index (χ2v) is 8.23. The van der Waals surface area contributed by atoms with E-state index in [0.717, 1.165) is 45.6 Å². The summed E-state index contributed by atoms with van der Waals surface area (Å²) in [5, 5.41) is 6.13. The molecule has 1 saturated carbocycles. The van der Waals surface area contributed by atoms with Gasteiger partial charge in [-0.05, 0) is 42.9 Å². The van der Waals surface area contributed by atoms with Gasteiger partial charge < -0.3 is 20.3 Å². The van der Waals surface area contributed by atoms with Crippen molar-refractivity contribution >= 4 is 11.9 Å². The van der Waals surface area contributed by atoms with E-state index in [1.165, 1.54) is 32.1 Å². The largest absolute Gasteiger partial charge is 0.385 e. The maximum Gasteiger partial charge on any atom is 0.317 e. The summed E-state index contributed by atoms with van der Waals surface area (Å²) in [4.78, 5) is 26.0. The van der Waals surface area contributed by atoms with E-state index < -0.39 is 0 Å². The third-order valence-corrected chi connectivity index (χ3v) is 6.55. The lowest BCUT2D eigenvalue weighted by Crippen LogP contribution is -2.45. The second-order valence-electron chi connectivity index (χ2n) is 8.23. The molecule has 0 bridgehead atoms. The van der Waals surface area contributed by atoms with E-state index in [0.29, 0.717) is 18.3 Å². The number of urea groups is 1. The summed E-state index contributed by atoms with van der Waals surface area (Å²) in [6.45, 7) is 3.91. The maximum atomic E-state index is 12.6. The number of carbonyl (C=O) groups is 2. The predicted octanol–water partition coefficient (Wildman–Crippen LogP) is 2.14. The lowest BCUT2D eigenvalue weighted by Gasteiger charge is -2.38. The zero-order valence-corrected chi connectivity index (χ0v) is 15.5. The topological polar surface area (TPSA) is 70.7 Å². The van der Waals surface area contributed by atoms with Gasteiger partial charge in [-0.3, -0.25) is 4.79 Å². The number of carbonyl (C=O) groups excluding carboxylic acids is 2. The van der Waals surface area contributed by atoms with Gasteiger partial charge in [0.1, 0.15) is 0 Å². The Morgan fingerprint density at radius 1 is 1.32 bits per heavy atom. The predicted molar refractivity (Wildman–Crippen MR) is 96.2 cm³/mol. The molecule has 3 amide bonds. The van der Waals surface area contributed by atoms with E-state index in [4.69, 9.17) is 4.74 Å². The van der Waals surface area contributed by atoms with Gasteiger partial charge in [-0.15, -0.1) is 0 Å². The van der Waals surface area contributed by atoms with Crippen LogP contribution in [0.5, 0.6) is 0 Å². The number of nitrogens with one attached hydrogen (secondary N) is 2. The first-order valence-electron chi connectivity index (χ1n) is 9.90. The molecule has 2 heterocycles. The molecule has 0 spiro atoms. The first-order chi connectivity index (χ1) is 12.1. The van der Waals surface area contributed by atoms with Gasteiger partial charge in [0.2, 0.25) is 5.91 Å². The van der Waals surface area contributed by atoms with Crippen molar-refractivity contribution in [2.75, 3.05) is 39.9 Å². The summed E-state index contributed by atoms with van der Waals surface area (Å²) in [5.74, 6) is 1.02. The van der Waals surface area contributed by atoms with Crippen molar-refractivity contribution in [2.45, 2.75) is 51.4 Å². The van der Waals surface area contributed by atoms with Crippen LogP contribution >= 0.6 is 0 Å². The van der Waals surface area contributed by atoms with Crippen LogP contribution in [0.1, 0.15) is 51.4 Å². The van der Waals surface area contributed by atoms with Crippen molar-refractivity contribution in [1.29, 1.82) is 0 Å². The van der Waals surface area contributed by atoms with Gasteiger partial charge in [0.25, 0.3) is 0 Å². The Bertz CT molecular complexity index is 477. The average molecular weight is 351 g/mol. The van der Waals surface area contributed by atoms with E-state index >= 15 is 0 Å². The van der Waals surface area contributed by atoms with Gasteiger partial charge in [-0.1, -0.05) is 19.3 Å². The lowest BCUT2D eigenvalue weighted by molar-refractivity contribution is -0.119. The molecule has 142 valence electrons. The first-order valence-corrected chi connectivity index (χ1v) is 9.90. The summed E-state index contributed by atoms with van der Waals surface area (Å²) in [7, 11) is 1.75. The summed E-state index contributed by atoms with van der Waals surface area (Å²) in [6, 6.07) is 0.0714. The highest BCUT2D eigenvalue weighted by atomic mass is 16.5. The molecule has 25 heavy (non-hydrogen) atoms. The Morgan fingerprint density at radius 3 is 2.80 bits per heavy atom. The number of methoxy groups -OCH3 is 1. The standard InChI is InChI=1S/C19H33N3O3/c1-25-10-8-19(6-3-2-4-7-19)14-21-18(24)22-9-5-15(13-22)16-11-17(23)20-12-16/h15-16H,2-14H2,1H3,(H,20,23)(H,21,24). The number of hydrogen-bond donors (Lipinski definition) is 2. The van der Waals surface area contributed by atoms with Crippen molar-refractivity contribution in [3.63, 3.8) is 0 Å². The Kier molecular flexibility index (Phi) is 6.20. The molecule has 3 rings (SSSR count). The van der Waals surface area contributed by atoms with Crippen molar-refractivity contribution in [3.8, 4) is 0 Å². The highest BCUT2D eigenvalue weighted by molar-refractivity contribution is 5.78. The van der Waals surface area contributed by atoms with Crippen LogP contribution in [0.15, 0.2) is 0 Å². The fourth-order valence-electron chi connectivity index (χ4n) is 4.83. The molecule has 3 aliphatic rings. The molecule has 2 atom stereocenters. The molecule has 0 aromatic heterocycles. The quantitative estimate of drug-likeness (QED) is 0.770. The van der Waals surface area contributed by atoms with Crippen molar-refractivity contribution in [2.24, 2.45) is 17.3 Å². The fraction of sp³-hybridized carbons (Fsp3) is 0.895. The minimum atomic E-state index is 0.0714. The molecule has 3 fully saturated rings. The molecule has 0 aromatic carbocycles. The minimum Gasteiger partial charge on any atom is -0.385 e. The Hall–Kier alpha value is -1.30. The number of likely N-dealkylation sites (tertiary alicyclic amines) is 1. The average Bonchev–Trinajstić information content (AvgIpc) is 3.28. The number of rotatable bonds is 6. The van der Waals surface area contributed by atoms with Crippen LogP contribution in [-0.4, -0.2) is 56.7 Å². The SMILES string of the molecule is COCCC1(CNC(=O)N2CCC(C3CNC(=O)C3)C2)CCCCC1. The van der Waals surface area contributed by atoms with Gasteiger partial charge in [0.15, 0.2) is 0 Å². The Balaban J connectivity index is 1.47. The molecule has 2 saturated heterocycles. The number of hydrogen-bond acceptors (Lipinski definition) is 3. The fourth-order valence-corrected chi connectivity index (χ4v) is 4.83. The minimum absolute atomic E-state index is 0.0714. The van der Waals surface area contributed by atoms with E-state index in [1.54, 1.807) is 7.11 Å². The molecule has 2 unspecified atom stereocenters. The van der Waals surface area contributed by atoms with E-state index in [9.17, 15) is 9.59 Å². The van der Waals surface area contributed by atoms with Gasteiger partial charge in [0, 0.05) is 46.3 Å². The van der Waals surface area contributed by atoms with Crippen molar-refractivity contribution < 1.29 is 14.3 Å². The van der Waals surface area contributed by atoms with Gasteiger partial charge >= 0.3 is 6.03 Å². The maximum absolute atomic E-state index is 12.6. The second kappa shape index (κ2) is 8.39. The Labute approximate surface area is 151 Å². The smallest absolute Gasteiger partial charge is 0.317 e. The van der Waals surface area contributed by atoms with Crippen LogP contribution in [0.3, 0.4) is 0 Å². The molecular weight excluding hydrogens is 318 g/mol. The molecule has 2 aliphatic heterocycles. The summed E-state index contributed by atoms with van der Waals surface area (Å²) in [6.07, 6.45) is 8.88. The number of nitrogens with zero attached hydrogens (tertiary/aromatic N) is 1. The van der Waals surface area contributed by atoms with Crippen LogP contribution in [0.4, 0.5) is 4.79 Å². The monoisotopic (exact) mass is 351 g/mol. The zero-order valence-electron chi connectivity index (χ0n) is 15.5. The third kappa shape index (κ3) is 4.66. The highest BCUT2D eigenvalue weighted by Gasteiger charge is 2.37. The van der Waals surface area contributed by atoms with Gasteiger partial charge in [0.05, 0.1) is 0 Å². The number of amides is 3. The van der Waals surface area contributed by atoms with Crippen LogP contribution in [0.2, 0.25) is 0 Å². The molecular formula is C19H33N3O3. The van der Waals surface area contributed by atoms with Crippen LogP contribution in [0.25, 0.3) is 0 Å². The summed E-state index contributed by atoms with van der Waals surface area (Å²) >= 11 is 0. The molecule has 0 radical (unpaired) electrons. The molecule has 6 nitrogen and oxygen atoms in total. The third-order valence-electron chi connectivity index (χ3n) is 6.55. The van der Waals surface area contributed by atoms with E-state index in [2.05, 4.69) is 10.6 Å². The first kappa shape index (κ1) is 18.5. The van der Waals surface area contributed by atoms with Crippen molar-refractivity contribution in [3.05, 3.63) is 0 Å². The van der Waals surface area contributed by atoms with Crippen LogP contribution in [-0.2, 0) is 9.53 Å². The van der Waals surface area contributed by atoms with Gasteiger partial charge in [-0.2, -0.15) is 0 Å². The molecule has 6 heteroatoms. The van der Waals surface area contributed by atoms with Crippen LogP contribution < -0.4 is 10.6 Å². The summed E-state index contributed by atoms with van der Waals surface area (Å²) in [5.41, 5.74) is 0.213. The molecule has 2 N–H and O–H groups in total. The van der Waals surface area contributed by atoms with Crippen LogP contribution in [0, 0.1) is 17.3 Å². The number of ether oxygens (including phenoxy) is 1. The molecule has 1 aliphatic carbocycles. The summed E-state index contributed by atoms with van der Waals surface area (Å²) < 4.78 is 5.30. The molecule has 0 aromatic rings.